The highest BCUT2D eigenvalue weighted by Gasteiger charge is 2.16. The van der Waals surface area contributed by atoms with Crippen LogP contribution in [0.3, 0.4) is 0 Å². The van der Waals surface area contributed by atoms with Crippen molar-refractivity contribution in [1.82, 2.24) is 0 Å². The standard InChI is InChI=1S/C11H11F3/c1-3-5-8-9(12)6-7(4-2)10(13)11(8)14/h4,6H,2-3,5H2,1H3. The lowest BCUT2D eigenvalue weighted by atomic mass is 10.1. The summed E-state index contributed by atoms with van der Waals surface area (Å²) in [6.45, 7) is 5.05. The van der Waals surface area contributed by atoms with Gasteiger partial charge in [0.15, 0.2) is 11.6 Å². The Morgan fingerprint density at radius 1 is 1.29 bits per heavy atom. The molecule has 1 rings (SSSR count). The molecule has 0 aliphatic rings. The molecule has 0 unspecified atom stereocenters. The van der Waals surface area contributed by atoms with Gasteiger partial charge in [-0.15, -0.1) is 0 Å². The van der Waals surface area contributed by atoms with Gasteiger partial charge in [0, 0.05) is 11.1 Å². The molecule has 0 fully saturated rings. The Labute approximate surface area is 81.1 Å². The molecule has 0 amide bonds. The van der Waals surface area contributed by atoms with Crippen LogP contribution in [0.1, 0.15) is 24.5 Å². The Morgan fingerprint density at radius 3 is 2.43 bits per heavy atom. The maximum atomic E-state index is 13.2. The first kappa shape index (κ1) is 10.8. The van der Waals surface area contributed by atoms with Crippen molar-refractivity contribution in [2.24, 2.45) is 0 Å². The Bertz CT molecular complexity index is 356. The SMILES string of the molecule is C=Cc1cc(F)c(CCC)c(F)c1F. The van der Waals surface area contributed by atoms with Gasteiger partial charge in [-0.05, 0) is 12.5 Å². The number of hydrogen-bond acceptors (Lipinski definition) is 0. The van der Waals surface area contributed by atoms with E-state index in [1.807, 2.05) is 0 Å². The second-order valence-corrected chi connectivity index (χ2v) is 3.01. The Balaban J connectivity index is 3.33. The van der Waals surface area contributed by atoms with Crippen molar-refractivity contribution in [3.8, 4) is 0 Å². The molecule has 76 valence electrons. The van der Waals surface area contributed by atoms with E-state index in [2.05, 4.69) is 6.58 Å². The van der Waals surface area contributed by atoms with Gasteiger partial charge in [-0.25, -0.2) is 13.2 Å². The van der Waals surface area contributed by atoms with Gasteiger partial charge < -0.3 is 0 Å². The lowest BCUT2D eigenvalue weighted by Crippen LogP contribution is -2.01. The van der Waals surface area contributed by atoms with E-state index >= 15 is 0 Å². The Morgan fingerprint density at radius 2 is 1.93 bits per heavy atom. The minimum Gasteiger partial charge on any atom is -0.207 e. The smallest absolute Gasteiger partial charge is 0.166 e. The number of rotatable bonds is 3. The summed E-state index contributed by atoms with van der Waals surface area (Å²) in [5.41, 5.74) is -0.324. The highest BCUT2D eigenvalue weighted by atomic mass is 19.2. The first-order valence-corrected chi connectivity index (χ1v) is 4.40. The first-order chi connectivity index (χ1) is 6.61. The minimum absolute atomic E-state index is 0.139. The first-order valence-electron chi connectivity index (χ1n) is 4.40. The molecule has 0 heterocycles. The predicted molar refractivity (Wildman–Crippen MR) is 50.4 cm³/mol. The van der Waals surface area contributed by atoms with E-state index in [0.717, 1.165) is 12.1 Å². The van der Waals surface area contributed by atoms with Gasteiger partial charge in [0.1, 0.15) is 5.82 Å². The van der Waals surface area contributed by atoms with Crippen molar-refractivity contribution in [3.05, 3.63) is 41.2 Å². The van der Waals surface area contributed by atoms with E-state index in [1.165, 1.54) is 0 Å². The van der Waals surface area contributed by atoms with Crippen molar-refractivity contribution >= 4 is 6.08 Å². The minimum atomic E-state index is -1.10. The van der Waals surface area contributed by atoms with Crippen LogP contribution in [-0.2, 0) is 6.42 Å². The van der Waals surface area contributed by atoms with Crippen LogP contribution in [-0.4, -0.2) is 0 Å². The van der Waals surface area contributed by atoms with Crippen LogP contribution in [0.4, 0.5) is 13.2 Å². The van der Waals surface area contributed by atoms with E-state index in [4.69, 9.17) is 0 Å². The molecule has 0 saturated heterocycles. The second-order valence-electron chi connectivity index (χ2n) is 3.01. The lowest BCUT2D eigenvalue weighted by Gasteiger charge is -2.06. The average molecular weight is 200 g/mol. The normalized spacial score (nSPS) is 10.3. The predicted octanol–water partition coefficient (Wildman–Crippen LogP) is 3.70. The molecule has 0 aliphatic carbocycles. The zero-order chi connectivity index (χ0) is 10.7. The van der Waals surface area contributed by atoms with Crippen molar-refractivity contribution in [3.63, 3.8) is 0 Å². The van der Waals surface area contributed by atoms with Crippen LogP contribution in [0.5, 0.6) is 0 Å². The molecule has 1 aromatic carbocycles. The van der Waals surface area contributed by atoms with Crippen LogP contribution >= 0.6 is 0 Å². The molecule has 0 nitrogen and oxygen atoms in total. The second kappa shape index (κ2) is 4.31. The summed E-state index contributed by atoms with van der Waals surface area (Å²) in [7, 11) is 0. The summed E-state index contributed by atoms with van der Waals surface area (Å²) in [6.07, 6.45) is 1.87. The summed E-state index contributed by atoms with van der Waals surface area (Å²) in [6, 6.07) is 0.969. The summed E-state index contributed by atoms with van der Waals surface area (Å²) in [4.78, 5) is 0. The maximum absolute atomic E-state index is 13.2. The molecule has 3 heteroatoms. The molecule has 0 aromatic heterocycles. The van der Waals surface area contributed by atoms with E-state index in [9.17, 15) is 13.2 Å². The molecule has 0 radical (unpaired) electrons. The van der Waals surface area contributed by atoms with Crippen LogP contribution in [0.2, 0.25) is 0 Å². The summed E-state index contributed by atoms with van der Waals surface area (Å²) >= 11 is 0. The summed E-state index contributed by atoms with van der Waals surface area (Å²) in [5, 5.41) is 0. The molecule has 0 atom stereocenters. The zero-order valence-corrected chi connectivity index (χ0v) is 7.91. The third-order valence-electron chi connectivity index (χ3n) is 2.00. The maximum Gasteiger partial charge on any atom is 0.166 e. The van der Waals surface area contributed by atoms with E-state index in [1.54, 1.807) is 6.92 Å². The zero-order valence-electron chi connectivity index (χ0n) is 7.91. The third kappa shape index (κ3) is 1.81. The van der Waals surface area contributed by atoms with Gasteiger partial charge in [0.05, 0.1) is 0 Å². The largest absolute Gasteiger partial charge is 0.207 e. The molecule has 0 aliphatic heterocycles. The highest BCUT2D eigenvalue weighted by molar-refractivity contribution is 5.49. The van der Waals surface area contributed by atoms with E-state index in [0.29, 0.717) is 6.42 Å². The fourth-order valence-corrected chi connectivity index (χ4v) is 1.28. The van der Waals surface area contributed by atoms with Gasteiger partial charge in [-0.3, -0.25) is 0 Å². The van der Waals surface area contributed by atoms with Crippen molar-refractivity contribution in [1.29, 1.82) is 0 Å². The Hall–Kier alpha value is -1.25. The van der Waals surface area contributed by atoms with Gasteiger partial charge in [-0.1, -0.05) is 26.0 Å². The van der Waals surface area contributed by atoms with Gasteiger partial charge in [0.2, 0.25) is 0 Å². The molecule has 1 aromatic rings. The van der Waals surface area contributed by atoms with Crippen LogP contribution in [0.15, 0.2) is 12.6 Å². The highest BCUT2D eigenvalue weighted by Crippen LogP contribution is 2.21. The van der Waals surface area contributed by atoms with Crippen LogP contribution in [0, 0.1) is 17.5 Å². The van der Waals surface area contributed by atoms with Gasteiger partial charge in [-0.2, -0.15) is 0 Å². The monoisotopic (exact) mass is 200 g/mol. The molecule has 14 heavy (non-hydrogen) atoms. The molecular weight excluding hydrogens is 189 g/mol. The number of hydrogen-bond donors (Lipinski definition) is 0. The molecule has 0 saturated carbocycles. The lowest BCUT2D eigenvalue weighted by molar-refractivity contribution is 0.477. The quantitative estimate of drug-likeness (QED) is 0.652. The van der Waals surface area contributed by atoms with Gasteiger partial charge >= 0.3 is 0 Å². The molecular formula is C11H11F3. The van der Waals surface area contributed by atoms with Crippen LogP contribution < -0.4 is 0 Å². The van der Waals surface area contributed by atoms with Crippen molar-refractivity contribution in [2.45, 2.75) is 19.8 Å². The number of halogens is 3. The average Bonchev–Trinajstić information content (AvgIpc) is 2.18. The third-order valence-corrected chi connectivity index (χ3v) is 2.00. The van der Waals surface area contributed by atoms with Gasteiger partial charge in [0.25, 0.3) is 0 Å². The molecule has 0 spiro atoms. The topological polar surface area (TPSA) is 0 Å². The van der Waals surface area contributed by atoms with Crippen molar-refractivity contribution < 1.29 is 13.2 Å². The fraction of sp³-hybridized carbons (Fsp3) is 0.273. The van der Waals surface area contributed by atoms with Crippen molar-refractivity contribution in [2.75, 3.05) is 0 Å². The Kier molecular flexibility index (Phi) is 3.33. The summed E-state index contributed by atoms with van der Waals surface area (Å²) < 4.78 is 39.6. The molecule has 0 bridgehead atoms. The summed E-state index contributed by atoms with van der Waals surface area (Å²) in [5.74, 6) is -2.83. The van der Waals surface area contributed by atoms with E-state index in [-0.39, 0.29) is 17.5 Å². The van der Waals surface area contributed by atoms with Crippen LogP contribution in [0.25, 0.3) is 6.08 Å². The van der Waals surface area contributed by atoms with E-state index < -0.39 is 17.5 Å². The molecule has 0 N–H and O–H groups in total. The fourth-order valence-electron chi connectivity index (χ4n) is 1.28. The number of benzene rings is 1.